The van der Waals surface area contributed by atoms with Crippen LogP contribution in [0.25, 0.3) is 0 Å². The van der Waals surface area contributed by atoms with Gasteiger partial charge in [-0.05, 0) is 51.1 Å². The highest BCUT2D eigenvalue weighted by molar-refractivity contribution is 9.10. The Kier molecular flexibility index (Phi) is 4.53. The minimum atomic E-state index is -0.144. The topological polar surface area (TPSA) is 29.3 Å². The van der Waals surface area contributed by atoms with E-state index in [9.17, 15) is 0 Å². The van der Waals surface area contributed by atoms with E-state index in [0.717, 1.165) is 17.6 Å². The molecule has 2 N–H and O–H groups in total. The van der Waals surface area contributed by atoms with Gasteiger partial charge in [0.1, 0.15) is 0 Å². The lowest BCUT2D eigenvalue weighted by Crippen LogP contribution is -2.43. The highest BCUT2D eigenvalue weighted by atomic mass is 79.9. The van der Waals surface area contributed by atoms with Gasteiger partial charge in [-0.1, -0.05) is 22.0 Å². The largest absolute Gasteiger partial charge is 0.324 e. The maximum atomic E-state index is 6.01. The van der Waals surface area contributed by atoms with Crippen LogP contribution in [0.5, 0.6) is 0 Å². The van der Waals surface area contributed by atoms with E-state index < -0.39 is 0 Å². The van der Waals surface area contributed by atoms with Gasteiger partial charge in [0, 0.05) is 23.1 Å². The van der Waals surface area contributed by atoms with Crippen molar-refractivity contribution in [3.63, 3.8) is 0 Å². The molecule has 0 amide bonds. The highest BCUT2D eigenvalue weighted by Gasteiger charge is 2.14. The van der Waals surface area contributed by atoms with E-state index in [1.54, 1.807) is 0 Å². The van der Waals surface area contributed by atoms with Gasteiger partial charge < -0.3 is 10.6 Å². The monoisotopic (exact) mass is 284 g/mol. The Hall–Kier alpha value is -0.380. The first-order valence-electron chi connectivity index (χ1n) is 5.50. The van der Waals surface area contributed by atoms with Crippen molar-refractivity contribution in [1.82, 2.24) is 4.90 Å². The van der Waals surface area contributed by atoms with Crippen LogP contribution >= 0.6 is 15.9 Å². The van der Waals surface area contributed by atoms with Crippen LogP contribution in [-0.2, 0) is 6.54 Å². The molecule has 0 aromatic heterocycles. The normalized spacial score (nSPS) is 12.2. The average Bonchev–Trinajstić information content (AvgIpc) is 2.08. The van der Waals surface area contributed by atoms with Crippen LogP contribution < -0.4 is 5.73 Å². The number of likely N-dealkylation sites (N-methyl/N-ethyl adjacent to an activating group) is 1. The molecule has 1 rings (SSSR count). The maximum absolute atomic E-state index is 6.01. The van der Waals surface area contributed by atoms with Crippen LogP contribution in [0.3, 0.4) is 0 Å². The molecule has 3 heteroatoms. The summed E-state index contributed by atoms with van der Waals surface area (Å²) in [5, 5.41) is 0. The second-order valence-electron chi connectivity index (χ2n) is 5.23. The van der Waals surface area contributed by atoms with Gasteiger partial charge in [0.2, 0.25) is 0 Å². The molecule has 0 unspecified atom stereocenters. The molecule has 0 fully saturated rings. The quantitative estimate of drug-likeness (QED) is 0.921. The third kappa shape index (κ3) is 4.64. The number of nitrogens with two attached hydrogens (primary N) is 1. The fraction of sp³-hybridized carbons (Fsp3) is 0.538. The van der Waals surface area contributed by atoms with Crippen LogP contribution in [0.4, 0.5) is 0 Å². The molecule has 1 aromatic carbocycles. The SMILES string of the molecule is Cc1ccc(Br)cc1CN(C)CC(C)(C)N. The molecule has 0 radical (unpaired) electrons. The van der Waals surface area contributed by atoms with Gasteiger partial charge in [-0.25, -0.2) is 0 Å². The van der Waals surface area contributed by atoms with E-state index in [1.165, 1.54) is 11.1 Å². The molecule has 0 heterocycles. The predicted molar refractivity (Wildman–Crippen MR) is 73.5 cm³/mol. The molecule has 0 spiro atoms. The molecule has 0 saturated carbocycles. The predicted octanol–water partition coefficient (Wildman–Crippen LogP) is 2.93. The summed E-state index contributed by atoms with van der Waals surface area (Å²) in [6.07, 6.45) is 0. The standard InChI is InChI=1S/C13H21BrN2/c1-10-5-6-12(14)7-11(10)8-16(4)9-13(2,3)15/h5-7H,8-9,15H2,1-4H3. The number of rotatable bonds is 4. The van der Waals surface area contributed by atoms with Crippen molar-refractivity contribution in [2.24, 2.45) is 5.73 Å². The van der Waals surface area contributed by atoms with Gasteiger partial charge in [-0.2, -0.15) is 0 Å². The van der Waals surface area contributed by atoms with Gasteiger partial charge in [-0.15, -0.1) is 0 Å². The zero-order valence-corrected chi connectivity index (χ0v) is 12.1. The van der Waals surface area contributed by atoms with E-state index >= 15 is 0 Å². The fourth-order valence-corrected chi connectivity index (χ4v) is 2.26. The van der Waals surface area contributed by atoms with Crippen molar-refractivity contribution in [1.29, 1.82) is 0 Å². The molecule has 0 aliphatic rings. The molecular formula is C13H21BrN2. The van der Waals surface area contributed by atoms with Gasteiger partial charge >= 0.3 is 0 Å². The molecule has 0 saturated heterocycles. The third-order valence-electron chi connectivity index (χ3n) is 2.43. The van der Waals surface area contributed by atoms with Crippen molar-refractivity contribution in [2.75, 3.05) is 13.6 Å². The Morgan fingerprint density at radius 2 is 2.00 bits per heavy atom. The lowest BCUT2D eigenvalue weighted by atomic mass is 10.1. The maximum Gasteiger partial charge on any atom is 0.0234 e. The molecule has 16 heavy (non-hydrogen) atoms. The minimum Gasteiger partial charge on any atom is -0.324 e. The molecule has 0 bridgehead atoms. The Bertz CT molecular complexity index is 355. The Balaban J connectivity index is 2.69. The van der Waals surface area contributed by atoms with Gasteiger partial charge in [0.25, 0.3) is 0 Å². The van der Waals surface area contributed by atoms with E-state index in [2.05, 4.69) is 66.8 Å². The van der Waals surface area contributed by atoms with E-state index in [4.69, 9.17) is 5.73 Å². The van der Waals surface area contributed by atoms with Gasteiger partial charge in [-0.3, -0.25) is 0 Å². The van der Waals surface area contributed by atoms with Crippen molar-refractivity contribution >= 4 is 15.9 Å². The Morgan fingerprint density at radius 1 is 1.38 bits per heavy atom. The van der Waals surface area contributed by atoms with Crippen molar-refractivity contribution in [2.45, 2.75) is 32.9 Å². The summed E-state index contributed by atoms with van der Waals surface area (Å²) in [7, 11) is 2.11. The van der Waals surface area contributed by atoms with E-state index in [1.807, 2.05) is 0 Å². The molecule has 1 aromatic rings. The van der Waals surface area contributed by atoms with Crippen molar-refractivity contribution in [3.8, 4) is 0 Å². The first kappa shape index (κ1) is 13.7. The van der Waals surface area contributed by atoms with Crippen molar-refractivity contribution in [3.05, 3.63) is 33.8 Å². The molecule has 90 valence electrons. The van der Waals surface area contributed by atoms with Gasteiger partial charge in [0.05, 0.1) is 0 Å². The van der Waals surface area contributed by atoms with Gasteiger partial charge in [0.15, 0.2) is 0 Å². The summed E-state index contributed by atoms with van der Waals surface area (Å²) in [5.41, 5.74) is 8.54. The number of hydrogen-bond donors (Lipinski definition) is 1. The first-order chi connectivity index (χ1) is 7.28. The number of hydrogen-bond acceptors (Lipinski definition) is 2. The summed E-state index contributed by atoms with van der Waals surface area (Å²) < 4.78 is 1.13. The third-order valence-corrected chi connectivity index (χ3v) is 2.92. The lowest BCUT2D eigenvalue weighted by molar-refractivity contribution is 0.263. The summed E-state index contributed by atoms with van der Waals surface area (Å²) >= 11 is 3.50. The summed E-state index contributed by atoms with van der Waals surface area (Å²) in [5.74, 6) is 0. The Morgan fingerprint density at radius 3 is 2.56 bits per heavy atom. The van der Waals surface area contributed by atoms with Crippen LogP contribution in [0, 0.1) is 6.92 Å². The van der Waals surface area contributed by atoms with Crippen LogP contribution in [-0.4, -0.2) is 24.0 Å². The molecule has 0 aliphatic carbocycles. The lowest BCUT2D eigenvalue weighted by Gasteiger charge is -2.27. The summed E-state index contributed by atoms with van der Waals surface area (Å²) in [4.78, 5) is 2.26. The fourth-order valence-electron chi connectivity index (χ4n) is 1.85. The van der Waals surface area contributed by atoms with Crippen LogP contribution in [0.1, 0.15) is 25.0 Å². The molecule has 0 aliphatic heterocycles. The minimum absolute atomic E-state index is 0.144. The Labute approximate surface area is 107 Å². The second kappa shape index (κ2) is 5.30. The average molecular weight is 285 g/mol. The highest BCUT2D eigenvalue weighted by Crippen LogP contribution is 2.17. The molecular weight excluding hydrogens is 264 g/mol. The summed E-state index contributed by atoms with van der Waals surface area (Å²) in [6, 6.07) is 6.39. The van der Waals surface area contributed by atoms with E-state index in [0.29, 0.717) is 0 Å². The van der Waals surface area contributed by atoms with Crippen molar-refractivity contribution < 1.29 is 0 Å². The first-order valence-corrected chi connectivity index (χ1v) is 6.30. The number of aryl methyl sites for hydroxylation is 1. The number of halogens is 1. The molecule has 0 atom stereocenters. The smallest absolute Gasteiger partial charge is 0.0234 e. The zero-order chi connectivity index (χ0) is 12.3. The van der Waals surface area contributed by atoms with Crippen LogP contribution in [0.2, 0.25) is 0 Å². The second-order valence-corrected chi connectivity index (χ2v) is 6.15. The summed E-state index contributed by atoms with van der Waals surface area (Å²) in [6.45, 7) is 8.07. The van der Waals surface area contributed by atoms with E-state index in [-0.39, 0.29) is 5.54 Å². The number of benzene rings is 1. The number of nitrogens with zero attached hydrogens (tertiary/aromatic N) is 1. The zero-order valence-electron chi connectivity index (χ0n) is 10.5. The molecule has 2 nitrogen and oxygen atoms in total. The van der Waals surface area contributed by atoms with Crippen LogP contribution in [0.15, 0.2) is 22.7 Å².